The van der Waals surface area contributed by atoms with Crippen LogP contribution in [0, 0.1) is 19.3 Å². The van der Waals surface area contributed by atoms with Crippen LogP contribution in [0.5, 0.6) is 0 Å². The van der Waals surface area contributed by atoms with E-state index in [2.05, 4.69) is 15.6 Å². The van der Waals surface area contributed by atoms with Gasteiger partial charge in [-0.3, -0.25) is 4.79 Å². The molecule has 1 aromatic carbocycles. The van der Waals surface area contributed by atoms with Crippen LogP contribution >= 0.6 is 34.3 Å². The number of nitrogens with one attached hydrogen (secondary N) is 2. The summed E-state index contributed by atoms with van der Waals surface area (Å²) in [4.78, 5) is 23.2. The van der Waals surface area contributed by atoms with Gasteiger partial charge in [-0.1, -0.05) is 49.8 Å². The maximum Gasteiger partial charge on any atom is 0.231 e. The lowest BCUT2D eigenvalue weighted by Crippen LogP contribution is -2.27. The Morgan fingerprint density at radius 3 is 2.59 bits per heavy atom. The number of hydrogen-bond acceptors (Lipinski definition) is 6. The molecule has 0 bridgehead atoms. The molecule has 0 saturated heterocycles. The Bertz CT molecular complexity index is 988. The Hall–Kier alpha value is -1.96. The number of anilines is 3. The molecule has 3 aromatic rings. The summed E-state index contributed by atoms with van der Waals surface area (Å²) in [6.07, 6.45) is 1.75. The number of benzene rings is 1. The molecule has 0 radical (unpaired) electrons. The standard InChI is InChI=1S/C19H21ClN4OS2/c1-10-6-7-12(20)8-13(10)22-18-23-15(11(2)26-18)14-9-21-17(27-14)24-16(25)19(3,4)5/h6-9H,1-5H3,(H,22,23)(H,21,24,25). The summed E-state index contributed by atoms with van der Waals surface area (Å²) in [6.45, 7) is 9.66. The van der Waals surface area contributed by atoms with E-state index < -0.39 is 5.41 Å². The SMILES string of the molecule is Cc1ccc(Cl)cc1Nc1nc(-c2cnc(NC(=O)C(C)(C)C)s2)c(C)s1. The van der Waals surface area contributed by atoms with Crippen LogP contribution in [0.4, 0.5) is 16.0 Å². The predicted octanol–water partition coefficient (Wildman–Crippen LogP) is 6.27. The Balaban J connectivity index is 1.81. The highest BCUT2D eigenvalue weighted by atomic mass is 35.5. The summed E-state index contributed by atoms with van der Waals surface area (Å²) in [6, 6.07) is 5.73. The average Bonchev–Trinajstić information content (AvgIpc) is 3.16. The molecule has 1 amide bonds. The fourth-order valence-corrected chi connectivity index (χ4v) is 4.18. The van der Waals surface area contributed by atoms with Crippen molar-refractivity contribution in [1.29, 1.82) is 0 Å². The summed E-state index contributed by atoms with van der Waals surface area (Å²) in [5, 5.41) is 8.26. The van der Waals surface area contributed by atoms with Gasteiger partial charge in [0.2, 0.25) is 5.91 Å². The van der Waals surface area contributed by atoms with Crippen molar-refractivity contribution in [1.82, 2.24) is 9.97 Å². The molecule has 0 unspecified atom stereocenters. The van der Waals surface area contributed by atoms with Crippen molar-refractivity contribution in [3.63, 3.8) is 0 Å². The maximum absolute atomic E-state index is 12.1. The number of aryl methyl sites for hydroxylation is 2. The quantitative estimate of drug-likeness (QED) is 0.522. The third-order valence-electron chi connectivity index (χ3n) is 3.88. The summed E-state index contributed by atoms with van der Waals surface area (Å²) in [7, 11) is 0. The van der Waals surface area contributed by atoms with Gasteiger partial charge in [0.25, 0.3) is 0 Å². The third kappa shape index (κ3) is 4.66. The predicted molar refractivity (Wildman–Crippen MR) is 116 cm³/mol. The normalized spacial score (nSPS) is 11.5. The van der Waals surface area contributed by atoms with E-state index in [1.165, 1.54) is 11.3 Å². The van der Waals surface area contributed by atoms with Gasteiger partial charge in [-0.2, -0.15) is 0 Å². The van der Waals surface area contributed by atoms with Crippen molar-refractivity contribution >= 4 is 56.1 Å². The molecule has 0 saturated carbocycles. The number of aromatic nitrogens is 2. The highest BCUT2D eigenvalue weighted by Crippen LogP contribution is 2.37. The van der Waals surface area contributed by atoms with Gasteiger partial charge in [0.15, 0.2) is 10.3 Å². The second-order valence-electron chi connectivity index (χ2n) is 7.24. The summed E-state index contributed by atoms with van der Waals surface area (Å²) >= 11 is 9.09. The second kappa shape index (κ2) is 7.58. The Kier molecular flexibility index (Phi) is 5.55. The molecule has 27 heavy (non-hydrogen) atoms. The first-order valence-electron chi connectivity index (χ1n) is 8.42. The zero-order chi connectivity index (χ0) is 19.8. The fraction of sp³-hybridized carbons (Fsp3) is 0.316. The fourth-order valence-electron chi connectivity index (χ4n) is 2.25. The minimum Gasteiger partial charge on any atom is -0.331 e. The first-order chi connectivity index (χ1) is 12.6. The molecule has 8 heteroatoms. The lowest BCUT2D eigenvalue weighted by atomic mass is 9.96. The number of carbonyl (C=O) groups excluding carboxylic acids is 1. The molecule has 2 aromatic heterocycles. The molecule has 5 nitrogen and oxygen atoms in total. The zero-order valence-corrected chi connectivity index (χ0v) is 18.2. The van der Waals surface area contributed by atoms with Gasteiger partial charge in [-0.15, -0.1) is 11.3 Å². The molecule has 0 spiro atoms. The van der Waals surface area contributed by atoms with Gasteiger partial charge < -0.3 is 10.6 Å². The largest absolute Gasteiger partial charge is 0.331 e. The minimum atomic E-state index is -0.464. The van der Waals surface area contributed by atoms with E-state index in [-0.39, 0.29) is 5.91 Å². The molecule has 142 valence electrons. The molecule has 3 rings (SSSR count). The third-order valence-corrected chi connectivity index (χ3v) is 5.92. The van der Waals surface area contributed by atoms with Crippen LogP contribution in [0.15, 0.2) is 24.4 Å². The Morgan fingerprint density at radius 1 is 1.15 bits per heavy atom. The summed E-state index contributed by atoms with van der Waals surface area (Å²) in [5.41, 5.74) is 2.44. The van der Waals surface area contributed by atoms with Crippen molar-refractivity contribution in [2.45, 2.75) is 34.6 Å². The van der Waals surface area contributed by atoms with Crippen LogP contribution in [0.1, 0.15) is 31.2 Å². The number of thiazole rings is 2. The van der Waals surface area contributed by atoms with Crippen LogP contribution in [0.2, 0.25) is 5.02 Å². The van der Waals surface area contributed by atoms with Crippen LogP contribution < -0.4 is 10.6 Å². The first kappa shape index (κ1) is 19.8. The molecule has 2 heterocycles. The highest BCUT2D eigenvalue weighted by Gasteiger charge is 2.22. The van der Waals surface area contributed by atoms with Crippen molar-refractivity contribution in [2.24, 2.45) is 5.41 Å². The minimum absolute atomic E-state index is 0.0582. The van der Waals surface area contributed by atoms with Crippen molar-refractivity contribution in [2.75, 3.05) is 10.6 Å². The Morgan fingerprint density at radius 2 is 1.89 bits per heavy atom. The van der Waals surface area contributed by atoms with Gasteiger partial charge in [-0.25, -0.2) is 9.97 Å². The molecule has 2 N–H and O–H groups in total. The van der Waals surface area contributed by atoms with Crippen LogP contribution in [-0.2, 0) is 4.79 Å². The smallest absolute Gasteiger partial charge is 0.231 e. The van der Waals surface area contributed by atoms with Crippen molar-refractivity contribution in [3.8, 4) is 10.6 Å². The number of nitrogens with zero attached hydrogens (tertiary/aromatic N) is 2. The van der Waals surface area contributed by atoms with E-state index in [1.807, 2.05) is 52.8 Å². The van der Waals surface area contributed by atoms with Gasteiger partial charge in [0, 0.05) is 27.2 Å². The number of halogens is 1. The van der Waals surface area contributed by atoms with Crippen LogP contribution in [0.3, 0.4) is 0 Å². The van der Waals surface area contributed by atoms with E-state index >= 15 is 0 Å². The second-order valence-corrected chi connectivity index (χ2v) is 9.91. The maximum atomic E-state index is 12.1. The molecule has 0 aliphatic heterocycles. The van der Waals surface area contributed by atoms with Gasteiger partial charge in [-0.05, 0) is 31.5 Å². The summed E-state index contributed by atoms with van der Waals surface area (Å²) in [5.74, 6) is -0.0582. The van der Waals surface area contributed by atoms with Gasteiger partial charge in [0.1, 0.15) is 0 Å². The molecule has 0 aliphatic carbocycles. The van der Waals surface area contributed by atoms with Crippen molar-refractivity contribution < 1.29 is 4.79 Å². The first-order valence-corrected chi connectivity index (χ1v) is 10.4. The van der Waals surface area contributed by atoms with Crippen molar-refractivity contribution in [3.05, 3.63) is 39.9 Å². The molecular weight excluding hydrogens is 400 g/mol. The van der Waals surface area contributed by atoms with Crippen LogP contribution in [-0.4, -0.2) is 15.9 Å². The monoisotopic (exact) mass is 420 g/mol. The number of amides is 1. The molecular formula is C19H21ClN4OS2. The van der Waals surface area contributed by atoms with Gasteiger partial charge >= 0.3 is 0 Å². The number of rotatable bonds is 4. The molecule has 0 atom stereocenters. The van der Waals surface area contributed by atoms with E-state index in [1.54, 1.807) is 17.5 Å². The number of hydrogen-bond donors (Lipinski definition) is 2. The zero-order valence-electron chi connectivity index (χ0n) is 15.8. The van der Waals surface area contributed by atoms with E-state index in [4.69, 9.17) is 16.6 Å². The Labute approximate surface area is 171 Å². The topological polar surface area (TPSA) is 66.9 Å². The van der Waals surface area contributed by atoms with Crippen LogP contribution in [0.25, 0.3) is 10.6 Å². The lowest BCUT2D eigenvalue weighted by molar-refractivity contribution is -0.123. The summed E-state index contributed by atoms with van der Waals surface area (Å²) < 4.78 is 0. The van der Waals surface area contributed by atoms with E-state index in [0.717, 1.165) is 31.8 Å². The number of carbonyl (C=O) groups is 1. The lowest BCUT2D eigenvalue weighted by Gasteiger charge is -2.15. The molecule has 0 fully saturated rings. The van der Waals surface area contributed by atoms with Gasteiger partial charge in [0.05, 0.1) is 10.6 Å². The van der Waals surface area contributed by atoms with E-state index in [0.29, 0.717) is 10.2 Å². The molecule has 0 aliphatic rings. The highest BCUT2D eigenvalue weighted by molar-refractivity contribution is 7.20. The van der Waals surface area contributed by atoms with E-state index in [9.17, 15) is 4.79 Å². The average molecular weight is 421 g/mol.